The van der Waals surface area contributed by atoms with E-state index in [9.17, 15) is 9.18 Å². The van der Waals surface area contributed by atoms with E-state index in [0.29, 0.717) is 29.4 Å². The fraction of sp³-hybridized carbons (Fsp3) is 0.286. The standard InChI is InChI=1S/C21H21FN6O2/c1-3-6-14-16(25-13-28-17(11-24-19(14)28)21(29)30-4-2)12-27-10-9-23-20(27)15-7-5-8-18(22)26-15/h5,7-11,13H,3-4,6,12H2,1-2H3. The zero-order valence-corrected chi connectivity index (χ0v) is 16.7. The molecule has 0 atom stereocenters. The van der Waals surface area contributed by atoms with E-state index < -0.39 is 11.9 Å². The minimum atomic E-state index is -0.558. The van der Waals surface area contributed by atoms with Gasteiger partial charge in [-0.15, -0.1) is 0 Å². The minimum absolute atomic E-state index is 0.289. The number of carbonyl (C=O) groups excluding carboxylic acids is 1. The van der Waals surface area contributed by atoms with Gasteiger partial charge in [0.05, 0.1) is 25.0 Å². The highest BCUT2D eigenvalue weighted by Gasteiger charge is 2.19. The lowest BCUT2D eigenvalue weighted by Gasteiger charge is -2.12. The van der Waals surface area contributed by atoms with Crippen LogP contribution in [0.25, 0.3) is 17.2 Å². The van der Waals surface area contributed by atoms with Crippen LogP contribution in [0.2, 0.25) is 0 Å². The highest BCUT2D eigenvalue weighted by atomic mass is 19.1. The lowest BCUT2D eigenvalue weighted by Crippen LogP contribution is -2.12. The predicted octanol–water partition coefficient (Wildman–Crippen LogP) is 3.30. The number of hydrogen-bond donors (Lipinski definition) is 0. The lowest BCUT2D eigenvalue weighted by atomic mass is 10.1. The third-order valence-corrected chi connectivity index (χ3v) is 4.71. The highest BCUT2D eigenvalue weighted by Crippen LogP contribution is 2.21. The summed E-state index contributed by atoms with van der Waals surface area (Å²) in [5, 5.41) is 0. The van der Waals surface area contributed by atoms with Crippen LogP contribution in [0.15, 0.2) is 43.1 Å². The van der Waals surface area contributed by atoms with E-state index in [0.717, 1.165) is 24.1 Å². The molecule has 0 aromatic carbocycles. The van der Waals surface area contributed by atoms with E-state index in [-0.39, 0.29) is 6.61 Å². The van der Waals surface area contributed by atoms with E-state index in [1.807, 2.05) is 4.57 Å². The summed E-state index contributed by atoms with van der Waals surface area (Å²) in [4.78, 5) is 29.5. The maximum absolute atomic E-state index is 13.6. The summed E-state index contributed by atoms with van der Waals surface area (Å²) in [5.74, 6) is -0.442. The molecule has 0 amide bonds. The van der Waals surface area contributed by atoms with Gasteiger partial charge in [0.2, 0.25) is 5.95 Å². The smallest absolute Gasteiger partial charge is 0.357 e. The number of nitrogens with zero attached hydrogens (tertiary/aromatic N) is 6. The largest absolute Gasteiger partial charge is 0.461 e. The Morgan fingerprint density at radius 2 is 2.07 bits per heavy atom. The summed E-state index contributed by atoms with van der Waals surface area (Å²) in [6.45, 7) is 4.54. The van der Waals surface area contributed by atoms with Crippen LogP contribution in [-0.4, -0.2) is 41.5 Å². The average Bonchev–Trinajstić information content (AvgIpc) is 3.37. The Bertz CT molecular complexity index is 1200. The van der Waals surface area contributed by atoms with Crippen LogP contribution in [0.3, 0.4) is 0 Å². The topological polar surface area (TPSA) is 87.2 Å². The van der Waals surface area contributed by atoms with Gasteiger partial charge in [0.1, 0.15) is 17.7 Å². The van der Waals surface area contributed by atoms with Crippen LogP contribution in [0, 0.1) is 5.95 Å². The van der Waals surface area contributed by atoms with Crippen LogP contribution in [-0.2, 0) is 17.7 Å². The van der Waals surface area contributed by atoms with E-state index in [1.54, 1.807) is 42.2 Å². The van der Waals surface area contributed by atoms with Crippen molar-refractivity contribution >= 4 is 11.6 Å². The van der Waals surface area contributed by atoms with Crippen molar-refractivity contribution in [2.45, 2.75) is 33.2 Å². The Balaban J connectivity index is 1.75. The van der Waals surface area contributed by atoms with E-state index in [4.69, 9.17) is 4.74 Å². The molecule has 9 heteroatoms. The Kier molecular flexibility index (Phi) is 5.51. The number of ether oxygens (including phenoxy) is 1. The molecule has 0 bridgehead atoms. The van der Waals surface area contributed by atoms with Gasteiger partial charge >= 0.3 is 5.97 Å². The second-order valence-electron chi connectivity index (χ2n) is 6.70. The summed E-state index contributed by atoms with van der Waals surface area (Å²) < 4.78 is 22.2. The van der Waals surface area contributed by atoms with Crippen molar-refractivity contribution in [2.24, 2.45) is 0 Å². The number of rotatable bonds is 7. The van der Waals surface area contributed by atoms with Gasteiger partial charge < -0.3 is 9.30 Å². The van der Waals surface area contributed by atoms with Crippen LogP contribution >= 0.6 is 0 Å². The average molecular weight is 408 g/mol. The fourth-order valence-electron chi connectivity index (χ4n) is 3.40. The van der Waals surface area contributed by atoms with Crippen molar-refractivity contribution in [1.82, 2.24) is 28.9 Å². The molecule has 4 aromatic heterocycles. The SMILES string of the molecule is CCCc1c(Cn2ccnc2-c2cccc(F)n2)ncn2c(C(=O)OCC)cnc12. The Hall–Kier alpha value is -3.62. The molecule has 0 aliphatic carbocycles. The molecule has 4 heterocycles. The summed E-state index contributed by atoms with van der Waals surface area (Å²) in [7, 11) is 0. The molecular formula is C21H21FN6O2. The first-order chi connectivity index (χ1) is 14.6. The quantitative estimate of drug-likeness (QED) is 0.344. The monoisotopic (exact) mass is 408 g/mol. The molecule has 8 nitrogen and oxygen atoms in total. The molecule has 4 rings (SSSR count). The number of imidazole rings is 2. The second kappa shape index (κ2) is 8.40. The number of pyridine rings is 1. The third kappa shape index (κ3) is 3.66. The number of carbonyl (C=O) groups is 1. The number of esters is 1. The summed E-state index contributed by atoms with van der Waals surface area (Å²) in [6, 6.07) is 4.61. The van der Waals surface area contributed by atoms with Crippen LogP contribution < -0.4 is 0 Å². The molecule has 0 N–H and O–H groups in total. The molecule has 0 unspecified atom stereocenters. The van der Waals surface area contributed by atoms with E-state index in [1.165, 1.54) is 12.3 Å². The van der Waals surface area contributed by atoms with Crippen molar-refractivity contribution < 1.29 is 13.9 Å². The fourth-order valence-corrected chi connectivity index (χ4v) is 3.40. The van der Waals surface area contributed by atoms with E-state index >= 15 is 0 Å². The number of aryl methyl sites for hydroxylation is 1. The summed E-state index contributed by atoms with van der Waals surface area (Å²) in [5.41, 5.74) is 3.22. The Morgan fingerprint density at radius 1 is 1.20 bits per heavy atom. The number of hydrogen-bond acceptors (Lipinski definition) is 6. The van der Waals surface area contributed by atoms with E-state index in [2.05, 4.69) is 26.9 Å². The summed E-state index contributed by atoms with van der Waals surface area (Å²) >= 11 is 0. The number of aromatic nitrogens is 6. The lowest BCUT2D eigenvalue weighted by molar-refractivity contribution is 0.0518. The van der Waals surface area contributed by atoms with Crippen LogP contribution in [0.5, 0.6) is 0 Å². The maximum atomic E-state index is 13.6. The molecule has 0 radical (unpaired) electrons. The van der Waals surface area contributed by atoms with Crippen LogP contribution in [0.4, 0.5) is 4.39 Å². The van der Waals surface area contributed by atoms with Gasteiger partial charge in [-0.2, -0.15) is 4.39 Å². The number of fused-ring (bicyclic) bond motifs is 1. The first-order valence-electron chi connectivity index (χ1n) is 9.77. The first kappa shape index (κ1) is 19.7. The predicted molar refractivity (Wildman–Crippen MR) is 107 cm³/mol. The molecular weight excluding hydrogens is 387 g/mol. The molecule has 0 aliphatic rings. The molecule has 154 valence electrons. The van der Waals surface area contributed by atoms with Gasteiger partial charge in [0, 0.05) is 18.0 Å². The Labute approximate surface area is 172 Å². The van der Waals surface area contributed by atoms with Gasteiger partial charge in [-0.1, -0.05) is 19.4 Å². The van der Waals surface area contributed by atoms with Crippen LogP contribution in [0.1, 0.15) is 42.0 Å². The molecule has 0 fully saturated rings. The minimum Gasteiger partial charge on any atom is -0.461 e. The molecule has 30 heavy (non-hydrogen) atoms. The van der Waals surface area contributed by atoms with Crippen molar-refractivity contribution in [3.05, 3.63) is 66.0 Å². The Morgan fingerprint density at radius 3 is 2.83 bits per heavy atom. The normalized spacial score (nSPS) is 11.2. The zero-order valence-electron chi connectivity index (χ0n) is 16.7. The van der Waals surface area contributed by atoms with Gasteiger partial charge in [-0.05, 0) is 25.5 Å². The van der Waals surface area contributed by atoms with Crippen molar-refractivity contribution in [1.29, 1.82) is 0 Å². The zero-order chi connectivity index (χ0) is 21.1. The maximum Gasteiger partial charge on any atom is 0.357 e. The van der Waals surface area contributed by atoms with Gasteiger partial charge in [0.15, 0.2) is 11.5 Å². The molecule has 4 aromatic rings. The molecule has 0 aliphatic heterocycles. The van der Waals surface area contributed by atoms with Crippen molar-refractivity contribution in [2.75, 3.05) is 6.61 Å². The third-order valence-electron chi connectivity index (χ3n) is 4.71. The molecule has 0 spiro atoms. The second-order valence-corrected chi connectivity index (χ2v) is 6.70. The summed E-state index contributed by atoms with van der Waals surface area (Å²) in [6.07, 6.45) is 8.18. The first-order valence-corrected chi connectivity index (χ1v) is 9.77. The number of halogens is 1. The van der Waals surface area contributed by atoms with Gasteiger partial charge in [0.25, 0.3) is 0 Å². The van der Waals surface area contributed by atoms with Gasteiger partial charge in [-0.25, -0.2) is 24.7 Å². The molecule has 0 saturated heterocycles. The molecule has 0 saturated carbocycles. The van der Waals surface area contributed by atoms with Crippen molar-refractivity contribution in [3.63, 3.8) is 0 Å². The van der Waals surface area contributed by atoms with Gasteiger partial charge in [-0.3, -0.25) is 4.40 Å². The van der Waals surface area contributed by atoms with Crippen molar-refractivity contribution in [3.8, 4) is 11.5 Å². The highest BCUT2D eigenvalue weighted by molar-refractivity contribution is 5.88.